The number of rotatable bonds is 3. The second-order valence-corrected chi connectivity index (χ2v) is 5.69. The zero-order chi connectivity index (χ0) is 13.4. The van der Waals surface area contributed by atoms with Crippen LogP contribution in [0.5, 0.6) is 0 Å². The maximum atomic E-state index is 12.2. The maximum absolute atomic E-state index is 12.2. The Bertz CT molecular complexity index is 625. The van der Waals surface area contributed by atoms with Gasteiger partial charge in [-0.1, -0.05) is 18.5 Å². The van der Waals surface area contributed by atoms with Gasteiger partial charge in [-0.3, -0.25) is 4.79 Å². The Hall–Kier alpha value is -1.24. The smallest absolute Gasteiger partial charge is 0.227 e. The minimum Gasteiger partial charge on any atom is -0.323 e. The van der Waals surface area contributed by atoms with Crippen molar-refractivity contribution in [3.8, 4) is 0 Å². The number of anilines is 1. The molecule has 1 aromatic carbocycles. The summed E-state index contributed by atoms with van der Waals surface area (Å²) in [5.74, 6) is 0.333. The van der Waals surface area contributed by atoms with Crippen molar-refractivity contribution < 1.29 is 4.79 Å². The van der Waals surface area contributed by atoms with Crippen molar-refractivity contribution in [3.63, 3.8) is 0 Å². The van der Waals surface area contributed by atoms with E-state index in [1.807, 2.05) is 6.92 Å². The van der Waals surface area contributed by atoms with Crippen molar-refractivity contribution in [2.75, 3.05) is 18.4 Å². The molecule has 19 heavy (non-hydrogen) atoms. The first-order valence-corrected chi connectivity index (χ1v) is 7.20. The van der Waals surface area contributed by atoms with Crippen LogP contribution in [-0.4, -0.2) is 27.7 Å². The number of hydrogen-bond donors (Lipinski definition) is 2. The molecule has 1 saturated heterocycles. The lowest BCUT2D eigenvalue weighted by atomic mass is 9.88. The molecule has 1 amide bonds. The average molecular weight is 297 g/mol. The second-order valence-electron chi connectivity index (χ2n) is 4.75. The summed E-state index contributed by atoms with van der Waals surface area (Å²) in [6, 6.07) is 3.53. The Labute approximate surface area is 119 Å². The number of aromatic nitrogens is 2. The van der Waals surface area contributed by atoms with Crippen LogP contribution in [0, 0.1) is 11.8 Å². The van der Waals surface area contributed by atoms with Crippen LogP contribution in [0.4, 0.5) is 5.69 Å². The summed E-state index contributed by atoms with van der Waals surface area (Å²) < 4.78 is 8.34. The third kappa shape index (κ3) is 2.31. The van der Waals surface area contributed by atoms with Crippen LogP contribution in [0.3, 0.4) is 0 Å². The molecule has 1 atom stereocenters. The minimum atomic E-state index is -0.0424. The van der Waals surface area contributed by atoms with Gasteiger partial charge in [-0.25, -0.2) is 0 Å². The average Bonchev–Trinajstić information content (AvgIpc) is 2.78. The molecule has 100 valence electrons. The van der Waals surface area contributed by atoms with Crippen molar-refractivity contribution in [3.05, 3.63) is 17.2 Å². The number of carbonyl (C=O) groups excluding carboxylic acids is 1. The number of fused-ring (bicyclic) bond motifs is 1. The first-order valence-electron chi connectivity index (χ1n) is 6.09. The second kappa shape index (κ2) is 5.03. The van der Waals surface area contributed by atoms with Crippen molar-refractivity contribution >= 4 is 46.0 Å². The van der Waals surface area contributed by atoms with Gasteiger partial charge in [-0.2, -0.15) is 8.75 Å². The summed E-state index contributed by atoms with van der Waals surface area (Å²) in [7, 11) is 0. The van der Waals surface area contributed by atoms with E-state index in [2.05, 4.69) is 19.4 Å². The monoisotopic (exact) mass is 296 g/mol. The third-order valence-corrected chi connectivity index (χ3v) is 4.42. The Morgan fingerprint density at radius 1 is 1.53 bits per heavy atom. The van der Waals surface area contributed by atoms with Gasteiger partial charge in [0.1, 0.15) is 11.0 Å². The van der Waals surface area contributed by atoms with Gasteiger partial charge in [0.15, 0.2) is 0 Å². The fourth-order valence-corrected chi connectivity index (χ4v) is 2.80. The van der Waals surface area contributed by atoms with Crippen molar-refractivity contribution in [2.45, 2.75) is 6.92 Å². The lowest BCUT2D eigenvalue weighted by Crippen LogP contribution is -2.48. The van der Waals surface area contributed by atoms with Gasteiger partial charge in [-0.05, 0) is 31.1 Å². The van der Waals surface area contributed by atoms with E-state index in [1.54, 1.807) is 12.1 Å². The topological polar surface area (TPSA) is 66.9 Å². The van der Waals surface area contributed by atoms with Crippen LogP contribution in [0.2, 0.25) is 5.02 Å². The molecular formula is C12H13ClN4OS. The predicted octanol–water partition coefficient (Wildman–Crippen LogP) is 2.14. The molecule has 1 aromatic heterocycles. The number of amides is 1. The fraction of sp³-hybridized carbons (Fsp3) is 0.417. The zero-order valence-corrected chi connectivity index (χ0v) is 11.9. The predicted molar refractivity (Wildman–Crippen MR) is 76.6 cm³/mol. The van der Waals surface area contributed by atoms with Gasteiger partial charge in [0, 0.05) is 5.92 Å². The first-order chi connectivity index (χ1) is 9.16. The van der Waals surface area contributed by atoms with Crippen molar-refractivity contribution in [1.82, 2.24) is 14.1 Å². The van der Waals surface area contributed by atoms with Crippen molar-refractivity contribution in [2.24, 2.45) is 11.8 Å². The van der Waals surface area contributed by atoms with Gasteiger partial charge in [0.25, 0.3) is 0 Å². The highest BCUT2D eigenvalue weighted by atomic mass is 35.5. The minimum absolute atomic E-state index is 0.0195. The summed E-state index contributed by atoms with van der Waals surface area (Å²) in [6.45, 7) is 3.73. The highest BCUT2D eigenvalue weighted by Crippen LogP contribution is 2.30. The number of hydrogen-bond acceptors (Lipinski definition) is 5. The molecule has 7 heteroatoms. The van der Waals surface area contributed by atoms with Crippen LogP contribution in [0.1, 0.15) is 6.92 Å². The van der Waals surface area contributed by atoms with Gasteiger partial charge < -0.3 is 10.6 Å². The van der Waals surface area contributed by atoms with Gasteiger partial charge >= 0.3 is 0 Å². The molecular weight excluding hydrogens is 284 g/mol. The first kappa shape index (κ1) is 12.8. The fourth-order valence-electron chi connectivity index (χ4n) is 2.06. The van der Waals surface area contributed by atoms with Crippen LogP contribution >= 0.6 is 23.3 Å². The Balaban J connectivity index is 1.86. The van der Waals surface area contributed by atoms with Gasteiger partial charge in [0.05, 0.1) is 22.4 Å². The molecule has 1 unspecified atom stereocenters. The highest BCUT2D eigenvalue weighted by Gasteiger charge is 2.29. The lowest BCUT2D eigenvalue weighted by Gasteiger charge is -2.31. The molecule has 0 aliphatic carbocycles. The molecule has 1 fully saturated rings. The molecule has 1 aliphatic heterocycles. The molecule has 0 saturated carbocycles. The lowest BCUT2D eigenvalue weighted by molar-refractivity contribution is -0.121. The number of nitrogens with zero attached hydrogens (tertiary/aromatic N) is 2. The van der Waals surface area contributed by atoms with Crippen LogP contribution in [0.15, 0.2) is 12.1 Å². The largest absolute Gasteiger partial charge is 0.323 e. The zero-order valence-electron chi connectivity index (χ0n) is 10.3. The van der Waals surface area contributed by atoms with E-state index in [9.17, 15) is 4.79 Å². The molecule has 0 bridgehead atoms. The van der Waals surface area contributed by atoms with E-state index in [0.717, 1.165) is 30.3 Å². The Morgan fingerprint density at radius 2 is 2.32 bits per heavy atom. The van der Waals surface area contributed by atoms with E-state index >= 15 is 0 Å². The molecule has 2 heterocycles. The summed E-state index contributed by atoms with van der Waals surface area (Å²) in [4.78, 5) is 12.2. The van der Waals surface area contributed by atoms with Crippen LogP contribution < -0.4 is 10.6 Å². The molecule has 2 N–H and O–H groups in total. The normalized spacial score (nSPS) is 17.2. The molecule has 3 rings (SSSR count). The van der Waals surface area contributed by atoms with E-state index < -0.39 is 0 Å². The number of benzene rings is 1. The van der Waals surface area contributed by atoms with E-state index in [4.69, 9.17) is 11.6 Å². The molecule has 1 aliphatic rings. The van der Waals surface area contributed by atoms with Crippen molar-refractivity contribution in [1.29, 1.82) is 0 Å². The molecule has 2 aromatic rings. The van der Waals surface area contributed by atoms with E-state index in [-0.39, 0.29) is 11.8 Å². The maximum Gasteiger partial charge on any atom is 0.227 e. The molecule has 0 spiro atoms. The summed E-state index contributed by atoms with van der Waals surface area (Å²) in [6.07, 6.45) is 0. The van der Waals surface area contributed by atoms with Gasteiger partial charge in [0.2, 0.25) is 5.91 Å². The highest BCUT2D eigenvalue weighted by molar-refractivity contribution is 7.00. The van der Waals surface area contributed by atoms with E-state index in [0.29, 0.717) is 22.1 Å². The number of halogens is 1. The summed E-state index contributed by atoms with van der Waals surface area (Å²) >= 11 is 7.26. The number of carbonyl (C=O) groups is 1. The standard InChI is InChI=1S/C12H13ClN4OS/c1-6(7-4-14-5-7)12(18)15-10-8(13)2-3-9-11(10)17-19-16-9/h2-3,6-7,14H,4-5H2,1H3,(H,15,18). The molecule has 5 nitrogen and oxygen atoms in total. The van der Waals surface area contributed by atoms with Gasteiger partial charge in [-0.15, -0.1) is 0 Å². The Morgan fingerprint density at radius 3 is 3.00 bits per heavy atom. The SMILES string of the molecule is CC(C(=O)Nc1c(Cl)ccc2nsnc12)C1CNC1. The van der Waals surface area contributed by atoms with Crippen LogP contribution in [-0.2, 0) is 4.79 Å². The quantitative estimate of drug-likeness (QED) is 0.911. The third-order valence-electron chi connectivity index (χ3n) is 3.56. The summed E-state index contributed by atoms with van der Waals surface area (Å²) in [5.41, 5.74) is 1.98. The van der Waals surface area contributed by atoms with E-state index in [1.165, 1.54) is 0 Å². The Kier molecular flexibility index (Phi) is 3.38. The van der Waals surface area contributed by atoms with Crippen LogP contribution in [0.25, 0.3) is 11.0 Å². The summed E-state index contributed by atoms with van der Waals surface area (Å²) in [5, 5.41) is 6.56. The molecule has 0 radical (unpaired) electrons. The number of nitrogens with one attached hydrogen (secondary N) is 2.